The molecule has 2 rings (SSSR count). The minimum absolute atomic E-state index is 0.0661. The number of nitrogens with one attached hydrogen (secondary N) is 1. The highest BCUT2D eigenvalue weighted by molar-refractivity contribution is 7.80. The standard InChI is InChI=1S/C10H11N3O4S/c14-8(4-18)10(15)9-6-3-5(13(16)17)1-2-7(6)11-12-9/h1-3,8,10,14-15,18H,4H2,(H,11,12). The summed E-state index contributed by atoms with van der Waals surface area (Å²) in [5.74, 6) is 0.0661. The Balaban J connectivity index is 2.51. The van der Waals surface area contributed by atoms with E-state index in [4.69, 9.17) is 0 Å². The van der Waals surface area contributed by atoms with Gasteiger partial charge < -0.3 is 10.2 Å². The molecule has 0 radical (unpaired) electrons. The van der Waals surface area contributed by atoms with Crippen LogP contribution in [0.5, 0.6) is 0 Å². The number of H-pyrrole nitrogens is 1. The molecule has 96 valence electrons. The molecule has 2 unspecified atom stereocenters. The molecule has 0 saturated heterocycles. The molecule has 18 heavy (non-hydrogen) atoms. The molecule has 2 atom stereocenters. The molecule has 1 heterocycles. The molecule has 0 aliphatic heterocycles. The van der Waals surface area contributed by atoms with Crippen molar-refractivity contribution in [2.45, 2.75) is 12.2 Å². The van der Waals surface area contributed by atoms with E-state index in [9.17, 15) is 20.3 Å². The predicted octanol–water partition coefficient (Wildman–Crippen LogP) is 0.795. The van der Waals surface area contributed by atoms with Crippen LogP contribution in [-0.4, -0.2) is 37.2 Å². The number of aromatic nitrogens is 2. The van der Waals surface area contributed by atoms with Crippen LogP contribution < -0.4 is 0 Å². The molecule has 0 saturated carbocycles. The summed E-state index contributed by atoms with van der Waals surface area (Å²) in [6, 6.07) is 4.12. The topological polar surface area (TPSA) is 112 Å². The van der Waals surface area contributed by atoms with Gasteiger partial charge in [-0.2, -0.15) is 17.7 Å². The molecule has 0 amide bonds. The molecule has 2 aromatic rings. The molecule has 0 bridgehead atoms. The van der Waals surface area contributed by atoms with Crippen LogP contribution in [0.4, 0.5) is 5.69 Å². The Kier molecular flexibility index (Phi) is 3.50. The fourth-order valence-electron chi connectivity index (χ4n) is 1.65. The average molecular weight is 269 g/mol. The van der Waals surface area contributed by atoms with Gasteiger partial charge in [0, 0.05) is 23.3 Å². The number of aliphatic hydroxyl groups is 2. The lowest BCUT2D eigenvalue weighted by Gasteiger charge is -2.14. The Labute approximate surface area is 107 Å². The van der Waals surface area contributed by atoms with E-state index in [0.717, 1.165) is 0 Å². The molecule has 3 N–H and O–H groups in total. The lowest BCUT2D eigenvalue weighted by molar-refractivity contribution is -0.384. The van der Waals surface area contributed by atoms with Crippen molar-refractivity contribution in [2.24, 2.45) is 0 Å². The first kappa shape index (κ1) is 12.8. The number of nitro benzene ring substituents is 1. The summed E-state index contributed by atoms with van der Waals surface area (Å²) in [4.78, 5) is 10.2. The van der Waals surface area contributed by atoms with Gasteiger partial charge in [0.05, 0.1) is 22.2 Å². The minimum atomic E-state index is -1.21. The van der Waals surface area contributed by atoms with Gasteiger partial charge >= 0.3 is 0 Å². The molecule has 0 aliphatic carbocycles. The van der Waals surface area contributed by atoms with Crippen LogP contribution in [0.2, 0.25) is 0 Å². The summed E-state index contributed by atoms with van der Waals surface area (Å²) in [6.45, 7) is 0. The number of hydrogen-bond donors (Lipinski definition) is 4. The van der Waals surface area contributed by atoms with Gasteiger partial charge in [0.2, 0.25) is 0 Å². The van der Waals surface area contributed by atoms with Crippen LogP contribution in [0.1, 0.15) is 11.8 Å². The zero-order valence-electron chi connectivity index (χ0n) is 9.15. The van der Waals surface area contributed by atoms with Crippen LogP contribution in [0, 0.1) is 10.1 Å². The van der Waals surface area contributed by atoms with Crippen molar-refractivity contribution < 1.29 is 15.1 Å². The van der Waals surface area contributed by atoms with E-state index in [0.29, 0.717) is 10.9 Å². The van der Waals surface area contributed by atoms with Crippen LogP contribution >= 0.6 is 12.6 Å². The van der Waals surface area contributed by atoms with E-state index in [1.165, 1.54) is 18.2 Å². The number of nitro groups is 1. The lowest BCUT2D eigenvalue weighted by atomic mass is 10.1. The maximum absolute atomic E-state index is 10.7. The zero-order chi connectivity index (χ0) is 13.3. The summed E-state index contributed by atoms with van der Waals surface area (Å²) in [5, 5.41) is 37.0. The van der Waals surface area contributed by atoms with E-state index in [1.54, 1.807) is 0 Å². The van der Waals surface area contributed by atoms with E-state index in [-0.39, 0.29) is 17.1 Å². The summed E-state index contributed by atoms with van der Waals surface area (Å²) >= 11 is 3.88. The first-order valence-corrected chi connectivity index (χ1v) is 5.77. The fraction of sp³-hybridized carbons (Fsp3) is 0.300. The maximum atomic E-state index is 10.7. The van der Waals surface area contributed by atoms with Crippen LogP contribution in [0.3, 0.4) is 0 Å². The van der Waals surface area contributed by atoms with Crippen LogP contribution in [0.15, 0.2) is 18.2 Å². The quantitative estimate of drug-likeness (QED) is 0.372. The number of thiol groups is 1. The van der Waals surface area contributed by atoms with Crippen molar-refractivity contribution in [1.29, 1.82) is 0 Å². The molecular weight excluding hydrogens is 258 g/mol. The average Bonchev–Trinajstić information content (AvgIpc) is 2.79. The molecule has 0 spiro atoms. The number of nitrogens with zero attached hydrogens (tertiary/aromatic N) is 2. The van der Waals surface area contributed by atoms with Gasteiger partial charge in [0.1, 0.15) is 6.10 Å². The Morgan fingerprint density at radius 1 is 1.50 bits per heavy atom. The van der Waals surface area contributed by atoms with Crippen molar-refractivity contribution >= 4 is 29.2 Å². The highest BCUT2D eigenvalue weighted by atomic mass is 32.1. The van der Waals surface area contributed by atoms with Crippen molar-refractivity contribution in [2.75, 3.05) is 5.75 Å². The van der Waals surface area contributed by atoms with E-state index >= 15 is 0 Å². The van der Waals surface area contributed by atoms with Gasteiger partial charge in [-0.05, 0) is 6.07 Å². The van der Waals surface area contributed by atoms with Gasteiger partial charge in [0.15, 0.2) is 0 Å². The van der Waals surface area contributed by atoms with Gasteiger partial charge in [-0.15, -0.1) is 0 Å². The molecule has 0 aliphatic rings. The summed E-state index contributed by atoms with van der Waals surface area (Å²) in [7, 11) is 0. The first-order valence-electron chi connectivity index (χ1n) is 5.14. The third-order valence-electron chi connectivity index (χ3n) is 2.63. The molecule has 8 heteroatoms. The number of non-ortho nitro benzene ring substituents is 1. The Morgan fingerprint density at radius 2 is 2.22 bits per heavy atom. The van der Waals surface area contributed by atoms with E-state index in [1.807, 2.05) is 0 Å². The highest BCUT2D eigenvalue weighted by Crippen LogP contribution is 2.27. The minimum Gasteiger partial charge on any atom is -0.389 e. The molecule has 1 aromatic carbocycles. The molecule has 7 nitrogen and oxygen atoms in total. The molecule has 1 aromatic heterocycles. The number of aliphatic hydroxyl groups excluding tert-OH is 2. The number of benzene rings is 1. The van der Waals surface area contributed by atoms with Crippen molar-refractivity contribution in [3.05, 3.63) is 34.0 Å². The summed E-state index contributed by atoms with van der Waals surface area (Å²) in [5.41, 5.74) is 0.633. The van der Waals surface area contributed by atoms with Crippen LogP contribution in [-0.2, 0) is 0 Å². The first-order chi connectivity index (χ1) is 8.54. The maximum Gasteiger partial charge on any atom is 0.270 e. The van der Waals surface area contributed by atoms with Crippen molar-refractivity contribution in [3.8, 4) is 0 Å². The van der Waals surface area contributed by atoms with Crippen LogP contribution in [0.25, 0.3) is 10.9 Å². The fourth-order valence-corrected chi connectivity index (χ4v) is 1.85. The van der Waals surface area contributed by atoms with Gasteiger partial charge in [-0.25, -0.2) is 0 Å². The second kappa shape index (κ2) is 4.92. The smallest absolute Gasteiger partial charge is 0.270 e. The highest BCUT2D eigenvalue weighted by Gasteiger charge is 2.22. The number of hydrogen-bond acceptors (Lipinski definition) is 6. The second-order valence-electron chi connectivity index (χ2n) is 3.79. The van der Waals surface area contributed by atoms with Gasteiger partial charge in [-0.3, -0.25) is 15.2 Å². The largest absolute Gasteiger partial charge is 0.389 e. The van der Waals surface area contributed by atoms with Crippen molar-refractivity contribution in [1.82, 2.24) is 10.2 Å². The number of aromatic amines is 1. The van der Waals surface area contributed by atoms with Crippen molar-refractivity contribution in [3.63, 3.8) is 0 Å². The normalized spacial score (nSPS) is 14.6. The Hall–Kier alpha value is -1.64. The monoisotopic (exact) mass is 269 g/mol. The van der Waals surface area contributed by atoms with Gasteiger partial charge in [0.25, 0.3) is 5.69 Å². The zero-order valence-corrected chi connectivity index (χ0v) is 10.0. The second-order valence-corrected chi connectivity index (χ2v) is 4.16. The molecular formula is C10H11N3O4S. The van der Waals surface area contributed by atoms with Gasteiger partial charge in [-0.1, -0.05) is 0 Å². The third-order valence-corrected chi connectivity index (χ3v) is 3.00. The number of rotatable bonds is 4. The summed E-state index contributed by atoms with van der Waals surface area (Å²) in [6.07, 6.45) is -2.29. The van der Waals surface area contributed by atoms with E-state index < -0.39 is 17.1 Å². The summed E-state index contributed by atoms with van der Waals surface area (Å²) < 4.78 is 0. The predicted molar refractivity (Wildman–Crippen MR) is 67.6 cm³/mol. The van der Waals surface area contributed by atoms with E-state index in [2.05, 4.69) is 22.8 Å². The number of fused-ring (bicyclic) bond motifs is 1. The molecule has 0 fully saturated rings. The SMILES string of the molecule is O=[N+]([O-])c1ccc2n[nH]c(C(O)C(O)CS)c2c1. The lowest BCUT2D eigenvalue weighted by Crippen LogP contribution is -2.20. The third kappa shape index (κ3) is 2.17. The Bertz CT molecular complexity index is 586. The Morgan fingerprint density at radius 3 is 2.83 bits per heavy atom.